The highest BCUT2D eigenvalue weighted by atomic mass is 19.1. The molecular weight excluding hydrogens is 287 g/mol. The van der Waals surface area contributed by atoms with Crippen LogP contribution >= 0.6 is 0 Å². The van der Waals surface area contributed by atoms with E-state index in [4.69, 9.17) is 4.98 Å². The molecule has 2 heterocycles. The molecule has 0 N–H and O–H groups in total. The number of aromatic nitrogens is 2. The Morgan fingerprint density at radius 1 is 1.13 bits per heavy atom. The molecule has 1 aliphatic rings. The van der Waals surface area contributed by atoms with Gasteiger partial charge in [-0.25, -0.2) is 9.37 Å². The lowest BCUT2D eigenvalue weighted by Gasteiger charge is -2.01. The Morgan fingerprint density at radius 3 is 2.74 bits per heavy atom. The summed E-state index contributed by atoms with van der Waals surface area (Å²) in [6, 6.07) is 8.69. The lowest BCUT2D eigenvalue weighted by Crippen LogP contribution is -2.10. The number of rotatable bonds is 3. The molecule has 0 atom stereocenters. The summed E-state index contributed by atoms with van der Waals surface area (Å²) < 4.78 is 15.2. The highest BCUT2D eigenvalue weighted by Crippen LogP contribution is 2.21. The van der Waals surface area contributed by atoms with Gasteiger partial charge in [-0.2, -0.15) is 0 Å². The van der Waals surface area contributed by atoms with Crippen LogP contribution < -0.4 is 5.35 Å². The van der Waals surface area contributed by atoms with E-state index in [1.807, 2.05) is 0 Å². The molecule has 0 aliphatic heterocycles. The topological polar surface area (TPSA) is 17.3 Å². The zero-order chi connectivity index (χ0) is 15.8. The Balaban J connectivity index is 1.80. The normalized spacial score (nSPS) is 14.3. The van der Waals surface area contributed by atoms with Crippen molar-refractivity contribution in [2.75, 3.05) is 0 Å². The van der Waals surface area contributed by atoms with E-state index in [9.17, 15) is 4.39 Å². The highest BCUT2D eigenvalue weighted by Gasteiger charge is 2.12. The van der Waals surface area contributed by atoms with Crippen LogP contribution in [-0.4, -0.2) is 9.38 Å². The van der Waals surface area contributed by atoms with Crippen LogP contribution in [0.25, 0.3) is 23.0 Å². The monoisotopic (exact) mass is 306 g/mol. The van der Waals surface area contributed by atoms with Gasteiger partial charge in [-0.3, -0.25) is 4.40 Å². The molecule has 116 valence electrons. The minimum absolute atomic E-state index is 0.220. The van der Waals surface area contributed by atoms with E-state index in [-0.39, 0.29) is 5.82 Å². The summed E-state index contributed by atoms with van der Waals surface area (Å²) in [4.78, 5) is 4.70. The van der Waals surface area contributed by atoms with Gasteiger partial charge < -0.3 is 0 Å². The van der Waals surface area contributed by atoms with Gasteiger partial charge in [0.1, 0.15) is 11.5 Å². The summed E-state index contributed by atoms with van der Waals surface area (Å²) in [7, 11) is 0. The Hall–Kier alpha value is -2.42. The van der Waals surface area contributed by atoms with Crippen molar-refractivity contribution in [1.82, 2.24) is 9.38 Å². The third-order valence-electron chi connectivity index (χ3n) is 4.53. The van der Waals surface area contributed by atoms with Crippen LogP contribution in [0.1, 0.15) is 31.7 Å². The van der Waals surface area contributed by atoms with Gasteiger partial charge in [0, 0.05) is 11.8 Å². The molecule has 3 heteroatoms. The average molecular weight is 306 g/mol. The fraction of sp³-hybridized carbons (Fsp3) is 0.250. The second kappa shape index (κ2) is 5.65. The largest absolute Gasteiger partial charge is 0.299 e. The zero-order valence-electron chi connectivity index (χ0n) is 13.2. The third-order valence-corrected chi connectivity index (χ3v) is 4.53. The van der Waals surface area contributed by atoms with Crippen molar-refractivity contribution in [3.63, 3.8) is 0 Å². The number of hydrogen-bond acceptors (Lipinski definition) is 1. The Labute approximate surface area is 135 Å². The average Bonchev–Trinajstić information content (AvgIpc) is 3.02. The van der Waals surface area contributed by atoms with E-state index in [1.54, 1.807) is 12.1 Å². The van der Waals surface area contributed by atoms with E-state index >= 15 is 0 Å². The van der Waals surface area contributed by atoms with Crippen molar-refractivity contribution in [3.8, 4) is 11.3 Å². The number of fused-ring (bicyclic) bond motifs is 3. The third kappa shape index (κ3) is 2.56. The van der Waals surface area contributed by atoms with Crippen LogP contribution in [0.3, 0.4) is 0 Å². The smallest absolute Gasteiger partial charge is 0.138 e. The van der Waals surface area contributed by atoms with E-state index in [0.29, 0.717) is 0 Å². The maximum atomic E-state index is 13.1. The Morgan fingerprint density at radius 2 is 1.96 bits per heavy atom. The maximum Gasteiger partial charge on any atom is 0.138 e. The number of allylic oxidation sites excluding steroid dienone is 2. The number of hydrogen-bond donors (Lipinski definition) is 0. The SMILES string of the molecule is CCCC1=CC=c2c(cc3nc(-c4ccc(F)cc4)cn23)CC1. The fourth-order valence-corrected chi connectivity index (χ4v) is 3.33. The first-order chi connectivity index (χ1) is 11.2. The quantitative estimate of drug-likeness (QED) is 0.704. The second-order valence-electron chi connectivity index (χ2n) is 6.16. The molecular formula is C20H19FN2. The van der Waals surface area contributed by atoms with Crippen LogP contribution in [0.5, 0.6) is 0 Å². The van der Waals surface area contributed by atoms with E-state index in [1.165, 1.54) is 41.5 Å². The van der Waals surface area contributed by atoms with Gasteiger partial charge in [0.05, 0.1) is 11.0 Å². The minimum atomic E-state index is -0.220. The van der Waals surface area contributed by atoms with Crippen LogP contribution in [0.2, 0.25) is 0 Å². The molecule has 0 fully saturated rings. The molecule has 0 spiro atoms. The Kier molecular flexibility index (Phi) is 3.49. The second-order valence-corrected chi connectivity index (χ2v) is 6.16. The lowest BCUT2D eigenvalue weighted by atomic mass is 10.0. The predicted molar refractivity (Wildman–Crippen MR) is 91.6 cm³/mol. The number of nitrogens with zero attached hydrogens (tertiary/aromatic N) is 2. The standard InChI is InChI=1S/C20H19FN2/c1-2-3-14-4-6-16-12-20-22-18(13-23(20)19(16)11-5-14)15-7-9-17(21)10-8-15/h5,7-13H,2-4,6H2,1H3. The molecule has 0 amide bonds. The maximum absolute atomic E-state index is 13.1. The molecule has 4 rings (SSSR count). The minimum Gasteiger partial charge on any atom is -0.299 e. The summed E-state index contributed by atoms with van der Waals surface area (Å²) in [5.74, 6) is -0.220. The van der Waals surface area contributed by atoms with E-state index in [0.717, 1.165) is 29.7 Å². The predicted octanol–water partition coefficient (Wildman–Crippen LogP) is 4.31. The summed E-state index contributed by atoms with van der Waals surface area (Å²) in [5.41, 5.74) is 5.69. The van der Waals surface area contributed by atoms with Crippen molar-refractivity contribution < 1.29 is 4.39 Å². The molecule has 0 radical (unpaired) electrons. The molecule has 23 heavy (non-hydrogen) atoms. The number of imidazole rings is 1. The van der Waals surface area contributed by atoms with Crippen LogP contribution in [0.4, 0.5) is 4.39 Å². The van der Waals surface area contributed by atoms with E-state index in [2.05, 4.69) is 35.7 Å². The van der Waals surface area contributed by atoms with Crippen molar-refractivity contribution >= 4 is 11.7 Å². The molecule has 0 unspecified atom stereocenters. The first kappa shape index (κ1) is 14.2. The van der Waals surface area contributed by atoms with Gasteiger partial charge in [0.2, 0.25) is 0 Å². The van der Waals surface area contributed by atoms with Gasteiger partial charge in [-0.15, -0.1) is 0 Å². The number of halogens is 1. The molecule has 0 saturated heterocycles. The van der Waals surface area contributed by atoms with Crippen molar-refractivity contribution in [2.24, 2.45) is 0 Å². The van der Waals surface area contributed by atoms with Gasteiger partial charge in [0.15, 0.2) is 0 Å². The molecule has 0 bridgehead atoms. The first-order valence-corrected chi connectivity index (χ1v) is 8.21. The van der Waals surface area contributed by atoms with Crippen molar-refractivity contribution in [2.45, 2.75) is 32.6 Å². The molecule has 1 aromatic carbocycles. The number of aryl methyl sites for hydroxylation is 1. The highest BCUT2D eigenvalue weighted by molar-refractivity contribution is 5.64. The molecule has 3 aromatic rings. The Bertz CT molecular complexity index is 932. The van der Waals surface area contributed by atoms with Gasteiger partial charge >= 0.3 is 0 Å². The van der Waals surface area contributed by atoms with Crippen molar-refractivity contribution in [1.29, 1.82) is 0 Å². The van der Waals surface area contributed by atoms with Gasteiger partial charge in [0.25, 0.3) is 0 Å². The zero-order valence-corrected chi connectivity index (χ0v) is 13.2. The molecule has 0 saturated carbocycles. The van der Waals surface area contributed by atoms with Crippen LogP contribution in [-0.2, 0) is 6.42 Å². The molecule has 2 nitrogen and oxygen atoms in total. The molecule has 2 aromatic heterocycles. The summed E-state index contributed by atoms with van der Waals surface area (Å²) in [6.45, 7) is 2.22. The summed E-state index contributed by atoms with van der Waals surface area (Å²) in [5, 5.41) is 1.23. The number of benzene rings is 1. The van der Waals surface area contributed by atoms with E-state index < -0.39 is 0 Å². The summed E-state index contributed by atoms with van der Waals surface area (Å²) >= 11 is 0. The lowest BCUT2D eigenvalue weighted by molar-refractivity contribution is 0.628. The first-order valence-electron chi connectivity index (χ1n) is 8.21. The van der Waals surface area contributed by atoms with Gasteiger partial charge in [-0.1, -0.05) is 25.0 Å². The van der Waals surface area contributed by atoms with Crippen molar-refractivity contribution in [3.05, 3.63) is 64.9 Å². The summed E-state index contributed by atoms with van der Waals surface area (Å²) in [6.07, 6.45) is 11.1. The van der Waals surface area contributed by atoms with Crippen LogP contribution in [0, 0.1) is 5.82 Å². The fourth-order valence-electron chi connectivity index (χ4n) is 3.33. The van der Waals surface area contributed by atoms with Crippen LogP contribution in [0.15, 0.2) is 48.2 Å². The molecule has 1 aliphatic carbocycles. The van der Waals surface area contributed by atoms with Gasteiger partial charge in [-0.05, 0) is 61.2 Å².